The second kappa shape index (κ2) is 10.4. The lowest BCUT2D eigenvalue weighted by atomic mass is 10.0. The Morgan fingerprint density at radius 2 is 1.97 bits per heavy atom. The summed E-state index contributed by atoms with van der Waals surface area (Å²) in [6.07, 6.45) is 2.34. The first kappa shape index (κ1) is 20.5. The van der Waals surface area contributed by atoms with Crippen molar-refractivity contribution in [3.8, 4) is 11.6 Å². The molecule has 0 saturated heterocycles. The molecule has 3 rings (SSSR count). The number of aryl methyl sites for hydroxylation is 1. The molecule has 0 spiro atoms. The molecule has 2 N–H and O–H groups in total. The third-order valence-electron chi connectivity index (χ3n) is 4.51. The average molecular weight is 393 g/mol. The van der Waals surface area contributed by atoms with Crippen molar-refractivity contribution in [1.29, 1.82) is 0 Å². The number of guanidine groups is 1. The van der Waals surface area contributed by atoms with Crippen LogP contribution in [0.25, 0.3) is 11.6 Å². The molecule has 0 aliphatic carbocycles. The predicted molar refractivity (Wildman–Crippen MR) is 115 cm³/mol. The van der Waals surface area contributed by atoms with Gasteiger partial charge in [-0.05, 0) is 31.5 Å². The van der Waals surface area contributed by atoms with E-state index in [4.69, 9.17) is 9.52 Å². The van der Waals surface area contributed by atoms with E-state index in [-0.39, 0.29) is 0 Å². The average Bonchev–Trinajstić information content (AvgIpc) is 3.22. The molecule has 1 atom stereocenters. The van der Waals surface area contributed by atoms with E-state index in [0.717, 1.165) is 12.5 Å². The van der Waals surface area contributed by atoms with Crippen LogP contribution in [0.2, 0.25) is 0 Å². The van der Waals surface area contributed by atoms with Crippen molar-refractivity contribution in [1.82, 2.24) is 25.8 Å². The van der Waals surface area contributed by atoms with Crippen molar-refractivity contribution in [2.24, 2.45) is 4.99 Å². The van der Waals surface area contributed by atoms with Gasteiger partial charge in [-0.2, -0.15) is 4.98 Å². The number of benzene rings is 1. The number of rotatable bonds is 8. The van der Waals surface area contributed by atoms with E-state index in [1.165, 1.54) is 11.1 Å². The van der Waals surface area contributed by atoms with Gasteiger partial charge in [-0.15, -0.1) is 0 Å². The first-order valence-corrected chi connectivity index (χ1v) is 9.98. The highest BCUT2D eigenvalue weighted by Crippen LogP contribution is 2.16. The van der Waals surface area contributed by atoms with Gasteiger partial charge in [0.1, 0.15) is 5.69 Å². The van der Waals surface area contributed by atoms with Crippen molar-refractivity contribution >= 4 is 5.96 Å². The summed E-state index contributed by atoms with van der Waals surface area (Å²) >= 11 is 0. The molecule has 2 aromatic heterocycles. The molecule has 0 aliphatic heterocycles. The zero-order valence-corrected chi connectivity index (χ0v) is 17.2. The minimum Gasteiger partial charge on any atom is -0.357 e. The van der Waals surface area contributed by atoms with E-state index >= 15 is 0 Å². The Morgan fingerprint density at radius 3 is 2.69 bits per heavy atom. The number of nitrogens with one attached hydrogen (secondary N) is 2. The van der Waals surface area contributed by atoms with Crippen LogP contribution in [0.4, 0.5) is 0 Å². The van der Waals surface area contributed by atoms with E-state index in [1.807, 2.05) is 18.2 Å². The fourth-order valence-electron chi connectivity index (χ4n) is 2.81. The van der Waals surface area contributed by atoms with E-state index in [1.54, 1.807) is 6.20 Å². The number of pyridine rings is 1. The predicted octanol–water partition coefficient (Wildman–Crippen LogP) is 3.34. The molecule has 0 bridgehead atoms. The normalized spacial score (nSPS) is 12.6. The summed E-state index contributed by atoms with van der Waals surface area (Å²) < 4.78 is 5.29. The zero-order chi connectivity index (χ0) is 20.5. The topological polar surface area (TPSA) is 88.2 Å². The maximum Gasteiger partial charge on any atom is 0.276 e. The summed E-state index contributed by atoms with van der Waals surface area (Å²) in [6.45, 7) is 8.52. The third-order valence-corrected chi connectivity index (χ3v) is 4.51. The van der Waals surface area contributed by atoms with Gasteiger partial charge >= 0.3 is 0 Å². The van der Waals surface area contributed by atoms with Gasteiger partial charge < -0.3 is 15.2 Å². The summed E-state index contributed by atoms with van der Waals surface area (Å²) in [5.74, 6) is 2.22. The summed E-state index contributed by atoms with van der Waals surface area (Å²) in [7, 11) is 0. The molecule has 2 heterocycles. The molecule has 3 aromatic rings. The maximum absolute atomic E-state index is 5.29. The molecule has 0 amide bonds. The monoisotopic (exact) mass is 392 g/mol. The Hall–Kier alpha value is -3.22. The molecule has 0 radical (unpaired) electrons. The largest absolute Gasteiger partial charge is 0.357 e. The Kier molecular flexibility index (Phi) is 7.33. The summed E-state index contributed by atoms with van der Waals surface area (Å²) in [5, 5.41) is 10.6. The van der Waals surface area contributed by atoms with Crippen LogP contribution in [0, 0.1) is 6.92 Å². The number of aliphatic imine (C=N–C) groups is 1. The van der Waals surface area contributed by atoms with Crippen LogP contribution < -0.4 is 10.6 Å². The Labute approximate surface area is 171 Å². The SMILES string of the molecule is CCNC(=NCC(C)c1ccc(C)cc1)NCCc1noc(-c2ccccn2)n1. The van der Waals surface area contributed by atoms with Gasteiger partial charge in [0.25, 0.3) is 5.89 Å². The second-order valence-corrected chi connectivity index (χ2v) is 6.94. The quantitative estimate of drug-likeness (QED) is 0.451. The Bertz CT molecular complexity index is 905. The number of nitrogens with zero attached hydrogens (tertiary/aromatic N) is 4. The molecule has 7 heteroatoms. The number of hydrogen-bond donors (Lipinski definition) is 2. The van der Waals surface area contributed by atoms with Gasteiger partial charge in [-0.25, -0.2) is 0 Å². The van der Waals surface area contributed by atoms with Crippen LogP contribution in [0.1, 0.15) is 36.7 Å². The van der Waals surface area contributed by atoms with Gasteiger partial charge in [0.05, 0.1) is 0 Å². The summed E-state index contributed by atoms with van der Waals surface area (Å²) in [4.78, 5) is 13.3. The van der Waals surface area contributed by atoms with Crippen molar-refractivity contribution < 1.29 is 4.52 Å². The molecule has 29 heavy (non-hydrogen) atoms. The fourth-order valence-corrected chi connectivity index (χ4v) is 2.81. The summed E-state index contributed by atoms with van der Waals surface area (Å²) in [5.41, 5.74) is 3.25. The van der Waals surface area contributed by atoms with Gasteiger partial charge in [0.15, 0.2) is 11.8 Å². The lowest BCUT2D eigenvalue weighted by molar-refractivity contribution is 0.421. The molecular weight excluding hydrogens is 364 g/mol. The van der Waals surface area contributed by atoms with Crippen molar-refractivity contribution in [2.75, 3.05) is 19.6 Å². The van der Waals surface area contributed by atoms with E-state index < -0.39 is 0 Å². The minimum absolute atomic E-state index is 0.351. The van der Waals surface area contributed by atoms with E-state index in [9.17, 15) is 0 Å². The molecule has 1 unspecified atom stereocenters. The van der Waals surface area contributed by atoms with Crippen LogP contribution >= 0.6 is 0 Å². The molecule has 0 fully saturated rings. The highest BCUT2D eigenvalue weighted by atomic mass is 16.5. The Morgan fingerprint density at radius 1 is 1.14 bits per heavy atom. The van der Waals surface area contributed by atoms with Crippen molar-refractivity contribution in [3.63, 3.8) is 0 Å². The highest BCUT2D eigenvalue weighted by molar-refractivity contribution is 5.79. The van der Waals surface area contributed by atoms with E-state index in [2.05, 4.69) is 70.8 Å². The maximum atomic E-state index is 5.29. The molecule has 152 valence electrons. The Balaban J connectivity index is 1.52. The van der Waals surface area contributed by atoms with E-state index in [0.29, 0.717) is 42.8 Å². The van der Waals surface area contributed by atoms with Crippen LogP contribution in [-0.2, 0) is 6.42 Å². The van der Waals surface area contributed by atoms with Crippen LogP contribution in [0.3, 0.4) is 0 Å². The standard InChI is InChI=1S/C22H28N6O/c1-4-23-22(26-15-17(3)18-10-8-16(2)9-11-18)25-14-12-20-27-21(29-28-20)19-7-5-6-13-24-19/h5-11,13,17H,4,12,14-15H2,1-3H3,(H2,23,25,26). The first-order valence-electron chi connectivity index (χ1n) is 9.98. The molecular formula is C22H28N6O. The summed E-state index contributed by atoms with van der Waals surface area (Å²) in [6, 6.07) is 14.2. The minimum atomic E-state index is 0.351. The third kappa shape index (κ3) is 6.14. The smallest absolute Gasteiger partial charge is 0.276 e. The van der Waals surface area contributed by atoms with Crippen molar-refractivity contribution in [3.05, 3.63) is 65.6 Å². The van der Waals surface area contributed by atoms with Crippen molar-refractivity contribution in [2.45, 2.75) is 33.1 Å². The van der Waals surface area contributed by atoms with Gasteiger partial charge in [-0.3, -0.25) is 9.98 Å². The highest BCUT2D eigenvalue weighted by Gasteiger charge is 2.10. The number of aromatic nitrogens is 3. The van der Waals surface area contributed by atoms with Crippen LogP contribution in [0.5, 0.6) is 0 Å². The zero-order valence-electron chi connectivity index (χ0n) is 17.2. The molecule has 7 nitrogen and oxygen atoms in total. The van der Waals surface area contributed by atoms with Crippen LogP contribution in [0.15, 0.2) is 58.2 Å². The number of hydrogen-bond acceptors (Lipinski definition) is 5. The first-order chi connectivity index (χ1) is 14.2. The van der Waals surface area contributed by atoms with Gasteiger partial charge in [0, 0.05) is 38.2 Å². The lowest BCUT2D eigenvalue weighted by Crippen LogP contribution is -2.38. The molecule has 1 aromatic carbocycles. The second-order valence-electron chi connectivity index (χ2n) is 6.94. The molecule has 0 saturated carbocycles. The lowest BCUT2D eigenvalue weighted by Gasteiger charge is -2.13. The fraction of sp³-hybridized carbons (Fsp3) is 0.364. The van der Waals surface area contributed by atoms with Gasteiger partial charge in [-0.1, -0.05) is 48.0 Å². The van der Waals surface area contributed by atoms with Crippen LogP contribution in [-0.4, -0.2) is 40.7 Å². The molecule has 0 aliphatic rings. The van der Waals surface area contributed by atoms with Gasteiger partial charge in [0.2, 0.25) is 0 Å².